The molecule has 1 aromatic heterocycles. The van der Waals surface area contributed by atoms with E-state index in [0.29, 0.717) is 27.6 Å². The zero-order chi connectivity index (χ0) is 18.3. The summed E-state index contributed by atoms with van der Waals surface area (Å²) in [6.07, 6.45) is -4.35. The highest BCUT2D eigenvalue weighted by Gasteiger charge is 2.29. The molecular weight excluding hydrogens is 363 g/mol. The third-order valence-electron chi connectivity index (χ3n) is 4.01. The molecule has 2 nitrogen and oxygen atoms in total. The molecule has 0 atom stereocenters. The van der Waals surface area contributed by atoms with Crippen molar-refractivity contribution in [3.63, 3.8) is 0 Å². The quantitative estimate of drug-likeness (QED) is 0.384. The smallest absolute Gasteiger partial charge is 0.416 e. The minimum atomic E-state index is -4.35. The van der Waals surface area contributed by atoms with Crippen LogP contribution in [0.1, 0.15) is 5.56 Å². The average Bonchev–Trinajstić information content (AvgIpc) is 3.04. The summed E-state index contributed by atoms with van der Waals surface area (Å²) in [5.74, 6) is 0.437. The summed E-state index contributed by atoms with van der Waals surface area (Å²) in [6.45, 7) is 0. The van der Waals surface area contributed by atoms with E-state index in [4.69, 9.17) is 16.0 Å². The molecule has 3 aromatic carbocycles. The topological polar surface area (TPSA) is 26.0 Å². The number of nitrogens with zero attached hydrogens (tertiary/aromatic N) is 1. The first-order valence-corrected chi connectivity index (χ1v) is 8.12. The number of aromatic nitrogens is 1. The fourth-order valence-corrected chi connectivity index (χ4v) is 2.89. The van der Waals surface area contributed by atoms with Gasteiger partial charge in [0.1, 0.15) is 5.52 Å². The second-order valence-corrected chi connectivity index (χ2v) is 6.22. The molecule has 0 spiro atoms. The molecule has 0 N–H and O–H groups in total. The van der Waals surface area contributed by atoms with Crippen LogP contribution in [0.25, 0.3) is 33.7 Å². The van der Waals surface area contributed by atoms with Gasteiger partial charge < -0.3 is 4.42 Å². The molecule has 0 saturated heterocycles. The first-order valence-electron chi connectivity index (χ1n) is 7.74. The zero-order valence-corrected chi connectivity index (χ0v) is 14.0. The number of rotatable bonds is 2. The lowest BCUT2D eigenvalue weighted by molar-refractivity contribution is -0.137. The fraction of sp³-hybridized carbons (Fsp3) is 0.0500. The minimum Gasteiger partial charge on any atom is -0.436 e. The molecule has 0 saturated carbocycles. The van der Waals surface area contributed by atoms with Gasteiger partial charge >= 0.3 is 6.18 Å². The van der Waals surface area contributed by atoms with Crippen molar-refractivity contribution < 1.29 is 17.6 Å². The minimum absolute atomic E-state index is 0.437. The Morgan fingerprint density at radius 2 is 1.54 bits per heavy atom. The van der Waals surface area contributed by atoms with Crippen LogP contribution >= 0.6 is 11.6 Å². The van der Waals surface area contributed by atoms with Crippen LogP contribution in [0, 0.1) is 0 Å². The Balaban J connectivity index is 1.72. The van der Waals surface area contributed by atoms with Crippen molar-refractivity contribution in [1.82, 2.24) is 4.98 Å². The first kappa shape index (κ1) is 16.7. The highest BCUT2D eigenvalue weighted by atomic mass is 35.5. The average molecular weight is 374 g/mol. The van der Waals surface area contributed by atoms with Crippen LogP contribution in [0.2, 0.25) is 5.02 Å². The van der Waals surface area contributed by atoms with Crippen molar-refractivity contribution in [2.45, 2.75) is 6.18 Å². The molecular formula is C20H11ClF3NO. The molecule has 0 unspecified atom stereocenters. The van der Waals surface area contributed by atoms with Crippen molar-refractivity contribution in [3.05, 3.63) is 77.3 Å². The van der Waals surface area contributed by atoms with Crippen LogP contribution in [0.15, 0.2) is 71.1 Å². The Morgan fingerprint density at radius 1 is 0.808 bits per heavy atom. The molecule has 1 heterocycles. The van der Waals surface area contributed by atoms with Gasteiger partial charge in [-0.05, 0) is 53.6 Å². The van der Waals surface area contributed by atoms with Crippen molar-refractivity contribution in [1.29, 1.82) is 0 Å². The van der Waals surface area contributed by atoms with Gasteiger partial charge in [0.25, 0.3) is 0 Å². The number of benzene rings is 3. The molecule has 6 heteroatoms. The Kier molecular flexibility index (Phi) is 3.96. The fourth-order valence-electron chi connectivity index (χ4n) is 2.70. The normalized spacial score (nSPS) is 11.8. The highest BCUT2D eigenvalue weighted by Crippen LogP contribution is 2.33. The third kappa shape index (κ3) is 3.18. The second-order valence-electron chi connectivity index (χ2n) is 5.79. The lowest BCUT2D eigenvalue weighted by atomic mass is 10.0. The Bertz CT molecular complexity index is 1080. The van der Waals surface area contributed by atoms with E-state index in [0.717, 1.165) is 23.3 Å². The molecule has 130 valence electrons. The van der Waals surface area contributed by atoms with Gasteiger partial charge in [0, 0.05) is 10.6 Å². The predicted molar refractivity (Wildman–Crippen MR) is 94.9 cm³/mol. The summed E-state index contributed by atoms with van der Waals surface area (Å²) < 4.78 is 43.9. The molecule has 4 aromatic rings. The van der Waals surface area contributed by atoms with Crippen molar-refractivity contribution in [3.8, 4) is 22.6 Å². The van der Waals surface area contributed by atoms with E-state index in [9.17, 15) is 13.2 Å². The van der Waals surface area contributed by atoms with E-state index in [-0.39, 0.29) is 0 Å². The summed E-state index contributed by atoms with van der Waals surface area (Å²) in [7, 11) is 0. The highest BCUT2D eigenvalue weighted by molar-refractivity contribution is 6.30. The summed E-state index contributed by atoms with van der Waals surface area (Å²) in [5, 5.41) is 0.579. The van der Waals surface area contributed by atoms with Gasteiger partial charge in [-0.25, -0.2) is 4.98 Å². The van der Waals surface area contributed by atoms with Crippen molar-refractivity contribution in [2.75, 3.05) is 0 Å². The molecule has 0 aliphatic heterocycles. The van der Waals surface area contributed by atoms with Gasteiger partial charge in [-0.3, -0.25) is 0 Å². The summed E-state index contributed by atoms with van der Waals surface area (Å²) >= 11 is 5.99. The molecule has 4 rings (SSSR count). The first-order chi connectivity index (χ1) is 12.4. The number of hydrogen-bond acceptors (Lipinski definition) is 2. The summed E-state index contributed by atoms with van der Waals surface area (Å²) in [4.78, 5) is 4.43. The number of oxazole rings is 1. The van der Waals surface area contributed by atoms with Crippen LogP contribution in [-0.2, 0) is 6.18 Å². The van der Waals surface area contributed by atoms with Crippen LogP contribution in [0.4, 0.5) is 13.2 Å². The maximum Gasteiger partial charge on any atom is 0.416 e. The largest absolute Gasteiger partial charge is 0.436 e. The molecule has 0 fully saturated rings. The maximum atomic E-state index is 12.7. The monoisotopic (exact) mass is 373 g/mol. The Labute approximate surface area is 151 Å². The lowest BCUT2D eigenvalue weighted by Gasteiger charge is -2.07. The number of halogens is 4. The standard InChI is InChI=1S/C20H11ClF3NO/c21-16-3-1-2-14(10-16)19-25-17-9-6-13(11-18(17)26-19)12-4-7-15(8-5-12)20(22,23)24/h1-11H. The second kappa shape index (κ2) is 6.18. The van der Waals surface area contributed by atoms with E-state index in [1.165, 1.54) is 12.1 Å². The van der Waals surface area contributed by atoms with E-state index in [2.05, 4.69) is 4.98 Å². The van der Waals surface area contributed by atoms with Gasteiger partial charge in [-0.1, -0.05) is 35.9 Å². The van der Waals surface area contributed by atoms with Gasteiger partial charge in [0.15, 0.2) is 5.58 Å². The molecule has 0 amide bonds. The van der Waals surface area contributed by atoms with Crippen LogP contribution < -0.4 is 0 Å². The van der Waals surface area contributed by atoms with Gasteiger partial charge in [-0.2, -0.15) is 13.2 Å². The lowest BCUT2D eigenvalue weighted by Crippen LogP contribution is -2.03. The van der Waals surface area contributed by atoms with Crippen LogP contribution in [0.3, 0.4) is 0 Å². The number of alkyl halides is 3. The SMILES string of the molecule is FC(F)(F)c1ccc(-c2ccc3nc(-c4cccc(Cl)c4)oc3c2)cc1. The maximum absolute atomic E-state index is 12.7. The van der Waals surface area contributed by atoms with Crippen molar-refractivity contribution >= 4 is 22.7 Å². The summed E-state index contributed by atoms with van der Waals surface area (Å²) in [6, 6.07) is 17.5. The number of hydrogen-bond donors (Lipinski definition) is 0. The zero-order valence-electron chi connectivity index (χ0n) is 13.2. The molecule has 0 aliphatic carbocycles. The molecule has 0 radical (unpaired) electrons. The van der Waals surface area contributed by atoms with E-state index in [1.54, 1.807) is 36.4 Å². The summed E-state index contributed by atoms with van der Waals surface area (Å²) in [5.41, 5.74) is 2.71. The van der Waals surface area contributed by atoms with Gasteiger partial charge in [-0.15, -0.1) is 0 Å². The Hall–Kier alpha value is -2.79. The van der Waals surface area contributed by atoms with E-state index < -0.39 is 11.7 Å². The van der Waals surface area contributed by atoms with Crippen LogP contribution in [-0.4, -0.2) is 4.98 Å². The van der Waals surface area contributed by atoms with E-state index in [1.807, 2.05) is 6.07 Å². The van der Waals surface area contributed by atoms with E-state index >= 15 is 0 Å². The molecule has 0 aliphatic rings. The van der Waals surface area contributed by atoms with Gasteiger partial charge in [0.05, 0.1) is 5.56 Å². The Morgan fingerprint density at radius 3 is 2.23 bits per heavy atom. The molecule has 26 heavy (non-hydrogen) atoms. The number of fused-ring (bicyclic) bond motifs is 1. The molecule has 0 bridgehead atoms. The third-order valence-corrected chi connectivity index (χ3v) is 4.24. The van der Waals surface area contributed by atoms with Gasteiger partial charge in [0.2, 0.25) is 5.89 Å². The van der Waals surface area contributed by atoms with Crippen molar-refractivity contribution in [2.24, 2.45) is 0 Å². The predicted octanol–water partition coefficient (Wildman–Crippen LogP) is 6.83. The van der Waals surface area contributed by atoms with Crippen LogP contribution in [0.5, 0.6) is 0 Å².